The van der Waals surface area contributed by atoms with Gasteiger partial charge in [0, 0.05) is 5.69 Å². The molecule has 0 unspecified atom stereocenters. The van der Waals surface area contributed by atoms with Crippen molar-refractivity contribution in [3.8, 4) is 0 Å². The lowest BCUT2D eigenvalue weighted by molar-refractivity contribution is -0.119. The van der Waals surface area contributed by atoms with E-state index in [4.69, 9.17) is 4.74 Å². The summed E-state index contributed by atoms with van der Waals surface area (Å²) in [6, 6.07) is 15.7. The number of benzene rings is 2. The van der Waals surface area contributed by atoms with E-state index in [9.17, 15) is 9.59 Å². The molecule has 0 atom stereocenters. The Labute approximate surface area is 170 Å². The zero-order valence-corrected chi connectivity index (χ0v) is 17.2. The standard InChI is InChI=1S/C23H25N3O3/c1-15-10-11-16(2)20(12-15)24-21(27)14-29-23(28)22-17(3)25-26(18(22)4)13-19-8-6-5-7-9-19/h5-12H,13-14H2,1-4H3,(H,24,27). The lowest BCUT2D eigenvalue weighted by Gasteiger charge is -2.10. The van der Waals surface area contributed by atoms with Crippen LogP contribution in [0.5, 0.6) is 0 Å². The average molecular weight is 391 g/mol. The molecule has 1 aromatic heterocycles. The Morgan fingerprint density at radius 1 is 1.03 bits per heavy atom. The molecule has 1 N–H and O–H groups in total. The lowest BCUT2D eigenvalue weighted by Crippen LogP contribution is -2.22. The number of hydrogen-bond acceptors (Lipinski definition) is 4. The van der Waals surface area contributed by atoms with Gasteiger partial charge in [-0.05, 0) is 50.5 Å². The van der Waals surface area contributed by atoms with Gasteiger partial charge < -0.3 is 10.1 Å². The summed E-state index contributed by atoms with van der Waals surface area (Å²) in [7, 11) is 0. The van der Waals surface area contributed by atoms with Crippen LogP contribution in [0.15, 0.2) is 48.5 Å². The predicted octanol–water partition coefficient (Wildman–Crippen LogP) is 3.96. The summed E-state index contributed by atoms with van der Waals surface area (Å²) < 4.78 is 7.03. The number of hydrogen-bond donors (Lipinski definition) is 1. The Hall–Kier alpha value is -3.41. The molecule has 0 saturated heterocycles. The van der Waals surface area contributed by atoms with Crippen LogP contribution in [0, 0.1) is 27.7 Å². The summed E-state index contributed by atoms with van der Waals surface area (Å²) in [5, 5.41) is 7.25. The molecule has 3 rings (SSSR count). The van der Waals surface area contributed by atoms with Crippen molar-refractivity contribution in [1.82, 2.24) is 9.78 Å². The minimum absolute atomic E-state index is 0.352. The van der Waals surface area contributed by atoms with Crippen molar-refractivity contribution in [2.24, 2.45) is 0 Å². The smallest absolute Gasteiger partial charge is 0.342 e. The van der Waals surface area contributed by atoms with Gasteiger partial charge >= 0.3 is 5.97 Å². The highest BCUT2D eigenvalue weighted by atomic mass is 16.5. The van der Waals surface area contributed by atoms with E-state index in [0.717, 1.165) is 16.7 Å². The van der Waals surface area contributed by atoms with E-state index in [-0.39, 0.29) is 12.5 Å². The van der Waals surface area contributed by atoms with Gasteiger partial charge in [0.2, 0.25) is 0 Å². The zero-order valence-electron chi connectivity index (χ0n) is 17.2. The van der Waals surface area contributed by atoms with Crippen LogP contribution in [-0.4, -0.2) is 28.3 Å². The van der Waals surface area contributed by atoms with E-state index in [1.165, 1.54) is 0 Å². The first-order chi connectivity index (χ1) is 13.8. The number of nitrogens with one attached hydrogen (secondary N) is 1. The molecule has 0 fully saturated rings. The number of aryl methyl sites for hydroxylation is 3. The number of amides is 1. The van der Waals surface area contributed by atoms with E-state index >= 15 is 0 Å². The monoisotopic (exact) mass is 391 g/mol. The van der Waals surface area contributed by atoms with Crippen molar-refractivity contribution in [2.75, 3.05) is 11.9 Å². The first-order valence-electron chi connectivity index (χ1n) is 9.47. The molecule has 0 radical (unpaired) electrons. The molecule has 1 heterocycles. The molecule has 1 amide bonds. The van der Waals surface area contributed by atoms with Gasteiger partial charge in [0.15, 0.2) is 6.61 Å². The minimum atomic E-state index is -0.546. The zero-order chi connectivity index (χ0) is 21.0. The van der Waals surface area contributed by atoms with Crippen molar-refractivity contribution in [1.29, 1.82) is 0 Å². The molecular formula is C23H25N3O3. The molecule has 0 aliphatic rings. The Bertz CT molecular complexity index is 1040. The molecule has 150 valence electrons. The maximum absolute atomic E-state index is 12.6. The third-order valence-corrected chi connectivity index (χ3v) is 4.76. The topological polar surface area (TPSA) is 73.2 Å². The second-order valence-corrected chi connectivity index (χ2v) is 7.13. The summed E-state index contributed by atoms with van der Waals surface area (Å²) >= 11 is 0. The molecule has 3 aromatic rings. The summed E-state index contributed by atoms with van der Waals surface area (Å²) in [5.74, 6) is -0.922. The molecular weight excluding hydrogens is 366 g/mol. The summed E-state index contributed by atoms with van der Waals surface area (Å²) in [6.07, 6.45) is 0. The molecule has 0 aliphatic heterocycles. The van der Waals surface area contributed by atoms with Crippen LogP contribution in [0.4, 0.5) is 5.69 Å². The van der Waals surface area contributed by atoms with E-state index in [0.29, 0.717) is 29.2 Å². The van der Waals surface area contributed by atoms with E-state index in [1.54, 1.807) is 11.6 Å². The molecule has 2 aromatic carbocycles. The van der Waals surface area contributed by atoms with Gasteiger partial charge in [-0.1, -0.05) is 42.5 Å². The fourth-order valence-corrected chi connectivity index (χ4v) is 3.16. The third kappa shape index (κ3) is 4.90. The second kappa shape index (κ2) is 8.73. The minimum Gasteiger partial charge on any atom is -0.452 e. The van der Waals surface area contributed by atoms with Crippen LogP contribution in [0.1, 0.15) is 38.4 Å². The Morgan fingerprint density at radius 3 is 2.48 bits per heavy atom. The predicted molar refractivity (Wildman–Crippen MR) is 112 cm³/mol. The van der Waals surface area contributed by atoms with Crippen molar-refractivity contribution < 1.29 is 14.3 Å². The number of aromatic nitrogens is 2. The van der Waals surface area contributed by atoms with Crippen LogP contribution in [0.25, 0.3) is 0 Å². The first kappa shape index (κ1) is 20.3. The van der Waals surface area contributed by atoms with Crippen molar-refractivity contribution >= 4 is 17.6 Å². The fraction of sp³-hybridized carbons (Fsp3) is 0.261. The van der Waals surface area contributed by atoms with Crippen LogP contribution >= 0.6 is 0 Å². The number of rotatable bonds is 6. The normalized spacial score (nSPS) is 10.6. The van der Waals surface area contributed by atoms with Crippen molar-refractivity contribution in [2.45, 2.75) is 34.2 Å². The number of esters is 1. The largest absolute Gasteiger partial charge is 0.452 e. The van der Waals surface area contributed by atoms with Gasteiger partial charge in [-0.2, -0.15) is 5.10 Å². The highest BCUT2D eigenvalue weighted by Gasteiger charge is 2.21. The number of ether oxygens (including phenoxy) is 1. The Kier molecular flexibility index (Phi) is 6.12. The first-order valence-corrected chi connectivity index (χ1v) is 9.47. The van der Waals surface area contributed by atoms with Crippen LogP contribution < -0.4 is 5.32 Å². The Morgan fingerprint density at radius 2 is 1.76 bits per heavy atom. The van der Waals surface area contributed by atoms with Crippen LogP contribution in [0.3, 0.4) is 0 Å². The molecule has 6 nitrogen and oxygen atoms in total. The van der Waals surface area contributed by atoms with E-state index in [1.807, 2.05) is 69.3 Å². The van der Waals surface area contributed by atoms with Crippen LogP contribution in [-0.2, 0) is 16.1 Å². The fourth-order valence-electron chi connectivity index (χ4n) is 3.16. The average Bonchev–Trinajstić information content (AvgIpc) is 2.97. The third-order valence-electron chi connectivity index (χ3n) is 4.76. The lowest BCUT2D eigenvalue weighted by atomic mass is 10.1. The Balaban J connectivity index is 1.65. The van der Waals surface area contributed by atoms with E-state index in [2.05, 4.69) is 10.4 Å². The molecule has 0 saturated carbocycles. The molecule has 29 heavy (non-hydrogen) atoms. The molecule has 6 heteroatoms. The van der Waals surface area contributed by atoms with Crippen molar-refractivity contribution in [3.05, 3.63) is 82.2 Å². The number of anilines is 1. The second-order valence-electron chi connectivity index (χ2n) is 7.13. The van der Waals surface area contributed by atoms with Gasteiger partial charge in [0.25, 0.3) is 5.91 Å². The van der Waals surface area contributed by atoms with Gasteiger partial charge in [0.1, 0.15) is 5.56 Å². The number of carbonyl (C=O) groups excluding carboxylic acids is 2. The highest BCUT2D eigenvalue weighted by Crippen LogP contribution is 2.18. The van der Waals surface area contributed by atoms with Crippen LogP contribution in [0.2, 0.25) is 0 Å². The highest BCUT2D eigenvalue weighted by molar-refractivity contribution is 5.96. The molecule has 0 aliphatic carbocycles. The quantitative estimate of drug-likeness (QED) is 0.646. The summed E-state index contributed by atoms with van der Waals surface area (Å²) in [6.45, 7) is 7.67. The number of nitrogens with zero attached hydrogens (tertiary/aromatic N) is 2. The maximum Gasteiger partial charge on any atom is 0.342 e. The maximum atomic E-state index is 12.6. The van der Waals surface area contributed by atoms with Gasteiger partial charge in [0.05, 0.1) is 17.9 Å². The summed E-state index contributed by atoms with van der Waals surface area (Å²) in [4.78, 5) is 24.8. The van der Waals surface area contributed by atoms with E-state index < -0.39 is 5.97 Å². The van der Waals surface area contributed by atoms with Gasteiger partial charge in [-0.3, -0.25) is 9.48 Å². The summed E-state index contributed by atoms with van der Waals surface area (Å²) in [5.41, 5.74) is 5.49. The van der Waals surface area contributed by atoms with Gasteiger partial charge in [-0.25, -0.2) is 4.79 Å². The number of carbonyl (C=O) groups is 2. The molecule has 0 bridgehead atoms. The SMILES string of the molecule is Cc1ccc(C)c(NC(=O)COC(=O)c2c(C)nn(Cc3ccccc3)c2C)c1. The van der Waals surface area contributed by atoms with Crippen molar-refractivity contribution in [3.63, 3.8) is 0 Å². The molecule has 0 spiro atoms. The van der Waals surface area contributed by atoms with Gasteiger partial charge in [-0.15, -0.1) is 0 Å².